The third-order valence-corrected chi connectivity index (χ3v) is 4.93. The summed E-state index contributed by atoms with van der Waals surface area (Å²) in [6, 6.07) is 11.1. The second-order valence-corrected chi connectivity index (χ2v) is 6.23. The lowest BCUT2D eigenvalue weighted by Gasteiger charge is -2.28. The zero-order valence-electron chi connectivity index (χ0n) is 12.8. The van der Waals surface area contributed by atoms with Gasteiger partial charge in [-0.2, -0.15) is 13.2 Å². The Labute approximate surface area is 137 Å². The van der Waals surface area contributed by atoms with Crippen molar-refractivity contribution in [3.8, 4) is 11.1 Å². The normalized spacial score (nSPS) is 25.1. The van der Waals surface area contributed by atoms with Gasteiger partial charge in [-0.15, -0.1) is 0 Å². The van der Waals surface area contributed by atoms with E-state index in [1.54, 1.807) is 18.2 Å². The van der Waals surface area contributed by atoms with Gasteiger partial charge in [0.15, 0.2) is 0 Å². The van der Waals surface area contributed by atoms with Crippen LogP contribution in [-0.2, 0) is 5.60 Å². The lowest BCUT2D eigenvalue weighted by molar-refractivity contribution is -0.246. The molecule has 2 N–H and O–H groups in total. The number of nitrogens with one attached hydrogen (secondary N) is 1. The zero-order valence-corrected chi connectivity index (χ0v) is 12.8. The van der Waals surface area contributed by atoms with Crippen LogP contribution in [-0.4, -0.2) is 17.8 Å². The highest BCUT2D eigenvalue weighted by atomic mass is 19.4. The Balaban J connectivity index is 2.02. The second kappa shape index (κ2) is 5.11. The van der Waals surface area contributed by atoms with Crippen molar-refractivity contribution < 1.29 is 18.3 Å². The Morgan fingerprint density at radius 3 is 2.50 bits per heavy atom. The van der Waals surface area contributed by atoms with E-state index in [4.69, 9.17) is 0 Å². The molecular formula is C19H16F3NO. The number of aliphatic hydroxyl groups is 1. The first-order valence-electron chi connectivity index (χ1n) is 7.87. The molecule has 2 aliphatic rings. The molecule has 0 saturated heterocycles. The highest BCUT2D eigenvalue weighted by molar-refractivity contribution is 5.83. The van der Waals surface area contributed by atoms with Gasteiger partial charge in [0.2, 0.25) is 5.60 Å². The van der Waals surface area contributed by atoms with Crippen LogP contribution in [0.25, 0.3) is 11.1 Å². The van der Waals surface area contributed by atoms with Crippen molar-refractivity contribution in [1.82, 2.24) is 5.32 Å². The molecule has 2 nitrogen and oxygen atoms in total. The molecule has 24 heavy (non-hydrogen) atoms. The predicted molar refractivity (Wildman–Crippen MR) is 85.4 cm³/mol. The van der Waals surface area contributed by atoms with Crippen molar-refractivity contribution in [3.05, 3.63) is 71.4 Å². The van der Waals surface area contributed by atoms with E-state index in [9.17, 15) is 18.3 Å². The maximum absolute atomic E-state index is 13.8. The number of allylic oxidation sites excluding steroid dienone is 1. The van der Waals surface area contributed by atoms with Gasteiger partial charge in [0.05, 0.1) is 0 Å². The standard InChI is InChI=1S/C19H16F3NO/c20-19(21,22)18(24)15-6-2-1-4-14(15)17-13(5-3-7-16(17)18)12-8-10-23-11-9-12/h1-8,10,12,23-24H,9,11H2. The van der Waals surface area contributed by atoms with Crippen LogP contribution in [0.2, 0.25) is 0 Å². The summed E-state index contributed by atoms with van der Waals surface area (Å²) < 4.78 is 41.4. The minimum absolute atomic E-state index is 0.0323. The maximum atomic E-state index is 13.8. The summed E-state index contributed by atoms with van der Waals surface area (Å²) in [7, 11) is 0. The Bertz CT molecular complexity index is 828. The predicted octanol–water partition coefficient (Wildman–Crippen LogP) is 4.06. The Morgan fingerprint density at radius 1 is 1.04 bits per heavy atom. The van der Waals surface area contributed by atoms with Gasteiger partial charge in [-0.1, -0.05) is 48.5 Å². The summed E-state index contributed by atoms with van der Waals surface area (Å²) in [5, 5.41) is 13.8. The molecule has 0 bridgehead atoms. The Kier molecular flexibility index (Phi) is 3.25. The maximum Gasteiger partial charge on any atom is 0.425 e. The first-order valence-corrected chi connectivity index (χ1v) is 7.87. The average Bonchev–Trinajstić information content (AvgIpc) is 2.87. The fourth-order valence-electron chi connectivity index (χ4n) is 3.81. The molecule has 0 spiro atoms. The number of alkyl halides is 3. The molecule has 0 radical (unpaired) electrons. The first-order chi connectivity index (χ1) is 11.4. The van der Waals surface area contributed by atoms with Gasteiger partial charge in [-0.25, -0.2) is 0 Å². The first kappa shape index (κ1) is 15.3. The van der Waals surface area contributed by atoms with Crippen LogP contribution in [0.3, 0.4) is 0 Å². The number of rotatable bonds is 1. The summed E-state index contributed by atoms with van der Waals surface area (Å²) in [4.78, 5) is 0. The summed E-state index contributed by atoms with van der Waals surface area (Å²) >= 11 is 0. The number of hydrogen-bond donors (Lipinski definition) is 2. The Hall–Kier alpha value is -2.27. The van der Waals surface area contributed by atoms with E-state index in [2.05, 4.69) is 5.32 Å². The minimum Gasteiger partial charge on any atom is -0.391 e. The lowest BCUT2D eigenvalue weighted by Crippen LogP contribution is -2.41. The molecule has 2 aromatic rings. The molecule has 1 aliphatic carbocycles. The molecule has 124 valence electrons. The van der Waals surface area contributed by atoms with Gasteiger partial charge >= 0.3 is 6.18 Å². The Morgan fingerprint density at radius 2 is 1.79 bits per heavy atom. The number of hydrogen-bond acceptors (Lipinski definition) is 2. The van der Waals surface area contributed by atoms with E-state index >= 15 is 0 Å². The summed E-state index contributed by atoms with van der Waals surface area (Å²) in [5.41, 5.74) is -1.29. The molecule has 4 rings (SSSR count). The summed E-state index contributed by atoms with van der Waals surface area (Å²) in [5.74, 6) is 0.0323. The van der Waals surface area contributed by atoms with E-state index in [0.717, 1.165) is 18.5 Å². The molecule has 2 aromatic carbocycles. The smallest absolute Gasteiger partial charge is 0.391 e. The van der Waals surface area contributed by atoms with Gasteiger partial charge in [0, 0.05) is 23.6 Å². The zero-order chi connectivity index (χ0) is 16.9. The average molecular weight is 331 g/mol. The fraction of sp³-hybridized carbons (Fsp3) is 0.263. The number of benzene rings is 2. The van der Waals surface area contributed by atoms with Gasteiger partial charge in [0.25, 0.3) is 0 Å². The monoisotopic (exact) mass is 331 g/mol. The highest BCUT2D eigenvalue weighted by Crippen LogP contribution is 2.56. The molecular weight excluding hydrogens is 315 g/mol. The van der Waals surface area contributed by atoms with Crippen LogP contribution in [0, 0.1) is 0 Å². The molecule has 5 heteroatoms. The second-order valence-electron chi connectivity index (χ2n) is 6.23. The lowest BCUT2D eigenvalue weighted by atomic mass is 9.85. The third kappa shape index (κ3) is 1.94. The van der Waals surface area contributed by atoms with E-state index in [0.29, 0.717) is 11.1 Å². The van der Waals surface area contributed by atoms with Gasteiger partial charge in [0.1, 0.15) is 0 Å². The number of fused-ring (bicyclic) bond motifs is 3. The van der Waals surface area contributed by atoms with E-state index in [1.807, 2.05) is 18.3 Å². The van der Waals surface area contributed by atoms with E-state index in [-0.39, 0.29) is 17.0 Å². The van der Waals surface area contributed by atoms with Gasteiger partial charge in [-0.05, 0) is 29.3 Å². The molecule has 0 aromatic heterocycles. The quantitative estimate of drug-likeness (QED) is 0.826. The molecule has 0 saturated carbocycles. The topological polar surface area (TPSA) is 32.3 Å². The van der Waals surface area contributed by atoms with Crippen molar-refractivity contribution in [3.63, 3.8) is 0 Å². The van der Waals surface area contributed by atoms with Crippen molar-refractivity contribution in [2.75, 3.05) is 6.54 Å². The largest absolute Gasteiger partial charge is 0.425 e. The molecule has 2 atom stereocenters. The van der Waals surface area contributed by atoms with Gasteiger partial charge < -0.3 is 10.4 Å². The summed E-state index contributed by atoms with van der Waals surface area (Å²) in [6.07, 6.45) is -0.173. The van der Waals surface area contributed by atoms with Crippen LogP contribution < -0.4 is 5.32 Å². The van der Waals surface area contributed by atoms with Crippen LogP contribution >= 0.6 is 0 Å². The van der Waals surface area contributed by atoms with Crippen molar-refractivity contribution >= 4 is 0 Å². The van der Waals surface area contributed by atoms with E-state index < -0.39 is 11.8 Å². The molecule has 0 amide bonds. The molecule has 1 aliphatic heterocycles. The molecule has 0 fully saturated rings. The SMILES string of the molecule is OC1(C(F)(F)F)c2ccccc2-c2c(C3C=CNCC3)cccc21. The van der Waals surface area contributed by atoms with Crippen LogP contribution in [0.1, 0.15) is 29.0 Å². The highest BCUT2D eigenvalue weighted by Gasteiger charge is 2.61. The van der Waals surface area contributed by atoms with Crippen molar-refractivity contribution in [2.24, 2.45) is 0 Å². The van der Waals surface area contributed by atoms with E-state index in [1.165, 1.54) is 18.2 Å². The molecule has 1 heterocycles. The van der Waals surface area contributed by atoms with Crippen molar-refractivity contribution in [2.45, 2.75) is 24.1 Å². The van der Waals surface area contributed by atoms with Crippen molar-refractivity contribution in [1.29, 1.82) is 0 Å². The van der Waals surface area contributed by atoms with Crippen LogP contribution in [0.4, 0.5) is 13.2 Å². The molecule has 2 unspecified atom stereocenters. The minimum atomic E-state index is -4.78. The van der Waals surface area contributed by atoms with Crippen LogP contribution in [0.5, 0.6) is 0 Å². The fourth-order valence-corrected chi connectivity index (χ4v) is 3.81. The van der Waals surface area contributed by atoms with Gasteiger partial charge in [-0.3, -0.25) is 0 Å². The summed E-state index contributed by atoms with van der Waals surface area (Å²) in [6.45, 7) is 0.774. The van der Waals surface area contributed by atoms with Crippen LogP contribution in [0.15, 0.2) is 54.7 Å². The number of halogens is 3. The third-order valence-electron chi connectivity index (χ3n) is 4.93.